The first-order chi connectivity index (χ1) is 11.6. The largest absolute Gasteiger partial charge is 0.368 e. The second-order valence-electron chi connectivity index (χ2n) is 7.58. The van der Waals surface area contributed by atoms with Crippen LogP contribution in [-0.2, 0) is 24.5 Å². The second kappa shape index (κ2) is 9.83. The molecule has 26 heavy (non-hydrogen) atoms. The van der Waals surface area contributed by atoms with Crippen LogP contribution in [0.1, 0.15) is 40.0 Å². The van der Waals surface area contributed by atoms with Crippen molar-refractivity contribution in [2.75, 3.05) is 12.8 Å². The standard InChI is InChI=1S/C14H26N4O3.CH4O3S/c1-14(2,3)7-9(15)13(21)18-10(11(16)19)6-8-4-5-17-12(8)20;1-5(2,3)4/h8-10H,4-7,15H2,1-3H3,(H2,16,19)(H,17,20)(H,18,21);1H3,(H,2,3,4)/t8-,9-,10-;/m0./s1. The van der Waals surface area contributed by atoms with Gasteiger partial charge >= 0.3 is 0 Å². The maximum atomic E-state index is 12.0. The van der Waals surface area contributed by atoms with Crippen molar-refractivity contribution in [3.05, 3.63) is 0 Å². The van der Waals surface area contributed by atoms with E-state index in [1.807, 2.05) is 20.8 Å². The van der Waals surface area contributed by atoms with Crippen LogP contribution in [0.2, 0.25) is 0 Å². The summed E-state index contributed by atoms with van der Waals surface area (Å²) in [7, 11) is -3.67. The van der Waals surface area contributed by atoms with Crippen LogP contribution in [0.5, 0.6) is 0 Å². The molecule has 1 heterocycles. The average Bonchev–Trinajstić information content (AvgIpc) is 2.79. The molecule has 0 aromatic carbocycles. The summed E-state index contributed by atoms with van der Waals surface area (Å²) in [4.78, 5) is 35.1. The van der Waals surface area contributed by atoms with Gasteiger partial charge in [0.15, 0.2) is 0 Å². The summed E-state index contributed by atoms with van der Waals surface area (Å²) >= 11 is 0. The topological polar surface area (TPSA) is 182 Å². The van der Waals surface area contributed by atoms with E-state index in [9.17, 15) is 22.8 Å². The molecule has 0 aromatic heterocycles. The summed E-state index contributed by atoms with van der Waals surface area (Å²) in [6.07, 6.45) is 2.07. The lowest BCUT2D eigenvalue weighted by atomic mass is 9.88. The molecule has 3 atom stereocenters. The van der Waals surface area contributed by atoms with Crippen molar-refractivity contribution in [2.24, 2.45) is 22.8 Å². The van der Waals surface area contributed by atoms with E-state index in [1.54, 1.807) is 0 Å². The van der Waals surface area contributed by atoms with Crippen molar-refractivity contribution < 1.29 is 27.4 Å². The molecule has 152 valence electrons. The first kappa shape index (κ1) is 24.3. The summed E-state index contributed by atoms with van der Waals surface area (Å²) in [5.74, 6) is -1.45. The number of nitrogens with one attached hydrogen (secondary N) is 2. The highest BCUT2D eigenvalue weighted by Gasteiger charge is 2.31. The van der Waals surface area contributed by atoms with Gasteiger partial charge in [-0.3, -0.25) is 18.9 Å². The minimum Gasteiger partial charge on any atom is -0.368 e. The molecule has 0 aromatic rings. The fourth-order valence-corrected chi connectivity index (χ4v) is 2.43. The zero-order chi connectivity index (χ0) is 20.7. The van der Waals surface area contributed by atoms with Crippen molar-refractivity contribution in [2.45, 2.75) is 52.1 Å². The summed E-state index contributed by atoms with van der Waals surface area (Å²) in [5.41, 5.74) is 11.1. The zero-order valence-electron chi connectivity index (χ0n) is 15.6. The van der Waals surface area contributed by atoms with Crippen molar-refractivity contribution in [3.63, 3.8) is 0 Å². The molecule has 1 fully saturated rings. The molecule has 11 heteroatoms. The Morgan fingerprint density at radius 2 is 1.88 bits per heavy atom. The van der Waals surface area contributed by atoms with E-state index >= 15 is 0 Å². The van der Waals surface area contributed by atoms with E-state index in [1.165, 1.54) is 0 Å². The third kappa shape index (κ3) is 11.8. The first-order valence-electron chi connectivity index (χ1n) is 8.15. The van der Waals surface area contributed by atoms with Crippen LogP contribution in [0.15, 0.2) is 0 Å². The summed E-state index contributed by atoms with van der Waals surface area (Å²) < 4.78 is 25.9. The Kier molecular flexibility index (Phi) is 9.18. The normalized spacial score (nSPS) is 19.6. The molecular formula is C15H30N4O6S. The minimum absolute atomic E-state index is 0.0929. The molecule has 3 amide bonds. The van der Waals surface area contributed by atoms with Crippen LogP contribution in [0.25, 0.3) is 0 Å². The highest BCUT2D eigenvalue weighted by Crippen LogP contribution is 2.20. The molecule has 1 aliphatic rings. The molecular weight excluding hydrogens is 364 g/mol. The van der Waals surface area contributed by atoms with Crippen LogP contribution in [0, 0.1) is 11.3 Å². The third-order valence-electron chi connectivity index (χ3n) is 3.51. The smallest absolute Gasteiger partial charge is 0.261 e. The maximum absolute atomic E-state index is 12.0. The van der Waals surface area contributed by atoms with E-state index in [2.05, 4.69) is 10.6 Å². The summed E-state index contributed by atoms with van der Waals surface area (Å²) in [5, 5.41) is 5.26. The van der Waals surface area contributed by atoms with Gasteiger partial charge in [-0.2, -0.15) is 8.42 Å². The van der Waals surface area contributed by atoms with Gasteiger partial charge in [0, 0.05) is 12.5 Å². The molecule has 1 aliphatic heterocycles. The van der Waals surface area contributed by atoms with Crippen molar-refractivity contribution >= 4 is 27.8 Å². The predicted octanol–water partition coefficient (Wildman–Crippen LogP) is -1.25. The van der Waals surface area contributed by atoms with E-state index in [-0.39, 0.29) is 23.7 Å². The minimum atomic E-state index is -3.67. The Morgan fingerprint density at radius 3 is 2.23 bits per heavy atom. The second-order valence-corrected chi connectivity index (χ2v) is 9.05. The van der Waals surface area contributed by atoms with Gasteiger partial charge in [0.2, 0.25) is 17.7 Å². The quantitative estimate of drug-likeness (QED) is 0.349. The highest BCUT2D eigenvalue weighted by atomic mass is 32.2. The van der Waals surface area contributed by atoms with Crippen molar-refractivity contribution in [3.8, 4) is 0 Å². The number of hydrogen-bond acceptors (Lipinski definition) is 6. The van der Waals surface area contributed by atoms with E-state index in [4.69, 9.17) is 16.0 Å². The zero-order valence-corrected chi connectivity index (χ0v) is 16.4. The van der Waals surface area contributed by atoms with E-state index in [0.717, 1.165) is 0 Å². The molecule has 1 saturated heterocycles. The van der Waals surface area contributed by atoms with Crippen LogP contribution < -0.4 is 22.1 Å². The Balaban J connectivity index is 0.00000110. The van der Waals surface area contributed by atoms with Gasteiger partial charge in [-0.15, -0.1) is 0 Å². The molecule has 10 nitrogen and oxygen atoms in total. The Labute approximate surface area is 154 Å². The average molecular weight is 394 g/mol. The number of rotatable bonds is 6. The lowest BCUT2D eigenvalue weighted by molar-refractivity contribution is -0.130. The molecule has 0 radical (unpaired) electrons. The van der Waals surface area contributed by atoms with Gasteiger partial charge < -0.3 is 22.1 Å². The highest BCUT2D eigenvalue weighted by molar-refractivity contribution is 7.85. The number of nitrogens with two attached hydrogens (primary N) is 2. The van der Waals surface area contributed by atoms with Crippen molar-refractivity contribution in [1.82, 2.24) is 10.6 Å². The van der Waals surface area contributed by atoms with Crippen LogP contribution in [-0.4, -0.2) is 55.6 Å². The lowest BCUT2D eigenvalue weighted by Crippen LogP contribution is -2.52. The maximum Gasteiger partial charge on any atom is 0.261 e. The SMILES string of the molecule is CC(C)(C)C[C@H](N)C(=O)N[C@@H](C[C@@H]1CCNC1=O)C(N)=O.CS(=O)(=O)O. The van der Waals surface area contributed by atoms with Gasteiger partial charge in [0.05, 0.1) is 12.3 Å². The van der Waals surface area contributed by atoms with Gasteiger partial charge in [0.25, 0.3) is 10.1 Å². The number of carbonyl (C=O) groups is 3. The van der Waals surface area contributed by atoms with Crippen LogP contribution >= 0.6 is 0 Å². The number of carbonyl (C=O) groups excluding carboxylic acids is 3. The first-order valence-corrected chi connectivity index (χ1v) is 10.0. The third-order valence-corrected chi connectivity index (χ3v) is 3.51. The van der Waals surface area contributed by atoms with Gasteiger partial charge in [-0.05, 0) is 24.7 Å². The number of primary amides is 1. The van der Waals surface area contributed by atoms with Gasteiger partial charge in [0.1, 0.15) is 6.04 Å². The fourth-order valence-electron chi connectivity index (χ4n) is 2.43. The lowest BCUT2D eigenvalue weighted by Gasteiger charge is -2.24. The summed E-state index contributed by atoms with van der Waals surface area (Å²) in [6, 6.07) is -1.57. The van der Waals surface area contributed by atoms with E-state index in [0.29, 0.717) is 25.6 Å². The van der Waals surface area contributed by atoms with Crippen LogP contribution in [0.4, 0.5) is 0 Å². The predicted molar refractivity (Wildman–Crippen MR) is 96.4 cm³/mol. The molecule has 0 unspecified atom stereocenters. The molecule has 0 saturated carbocycles. The Bertz CT molecular complexity index is 606. The van der Waals surface area contributed by atoms with Crippen molar-refractivity contribution in [1.29, 1.82) is 0 Å². The van der Waals surface area contributed by atoms with Crippen LogP contribution in [0.3, 0.4) is 0 Å². The summed E-state index contributed by atoms with van der Waals surface area (Å²) in [6.45, 7) is 6.53. The molecule has 0 bridgehead atoms. The number of hydrogen-bond donors (Lipinski definition) is 5. The van der Waals surface area contributed by atoms with E-state index < -0.39 is 34.0 Å². The Morgan fingerprint density at radius 1 is 1.38 bits per heavy atom. The van der Waals surface area contributed by atoms with Gasteiger partial charge in [-0.25, -0.2) is 0 Å². The molecule has 1 rings (SSSR count). The number of amides is 3. The molecule has 7 N–H and O–H groups in total. The fraction of sp³-hybridized carbons (Fsp3) is 0.800. The molecule has 0 aliphatic carbocycles. The Hall–Kier alpha value is -1.72. The molecule has 0 spiro atoms. The monoisotopic (exact) mass is 394 g/mol. The van der Waals surface area contributed by atoms with Gasteiger partial charge in [-0.1, -0.05) is 20.8 Å².